The van der Waals surface area contributed by atoms with Crippen LogP contribution in [0.3, 0.4) is 0 Å². The zero-order valence-corrected chi connectivity index (χ0v) is 18.8. The second kappa shape index (κ2) is 18.4. The summed E-state index contributed by atoms with van der Waals surface area (Å²) >= 11 is 0. The van der Waals surface area contributed by atoms with Gasteiger partial charge in [0.1, 0.15) is 0 Å². The van der Waals surface area contributed by atoms with Crippen molar-refractivity contribution in [3.05, 3.63) is 0 Å². The van der Waals surface area contributed by atoms with Gasteiger partial charge in [-0.1, -0.05) is 78.1 Å². The topological polar surface area (TPSA) is 80.6 Å². The lowest BCUT2D eigenvalue weighted by atomic mass is 10.1. The Bertz CT molecular complexity index is 324. The Morgan fingerprint density at radius 3 is 1.19 bits per heavy atom. The van der Waals surface area contributed by atoms with Crippen molar-refractivity contribution in [1.82, 2.24) is 0 Å². The van der Waals surface area contributed by atoms with Crippen molar-refractivity contribution in [2.24, 2.45) is 0 Å². The predicted molar refractivity (Wildman–Crippen MR) is 110 cm³/mol. The monoisotopic (exact) mass is 395 g/mol. The van der Waals surface area contributed by atoms with Gasteiger partial charge in [0.05, 0.1) is 27.2 Å². The third kappa shape index (κ3) is 31.8. The van der Waals surface area contributed by atoms with E-state index in [2.05, 4.69) is 27.9 Å². The average Bonchev–Trinajstić information content (AvgIpc) is 2.52. The summed E-state index contributed by atoms with van der Waals surface area (Å²) in [6.07, 6.45) is 20.1. The van der Waals surface area contributed by atoms with Gasteiger partial charge in [-0.15, -0.1) is 0 Å². The van der Waals surface area contributed by atoms with E-state index in [0.29, 0.717) is 0 Å². The molecule has 0 fully saturated rings. The third-order valence-electron chi connectivity index (χ3n) is 4.73. The molecule has 0 amide bonds. The van der Waals surface area contributed by atoms with Gasteiger partial charge in [0, 0.05) is 0 Å². The zero-order valence-electron chi connectivity index (χ0n) is 17.9. The van der Waals surface area contributed by atoms with E-state index in [1.54, 1.807) is 0 Å². The Morgan fingerprint density at radius 2 is 0.885 bits per heavy atom. The molecule has 0 saturated heterocycles. The molecule has 0 radical (unpaired) electrons. The molecule has 0 rings (SSSR count). The lowest BCUT2D eigenvalue weighted by molar-refractivity contribution is -0.890. The lowest BCUT2D eigenvalue weighted by Gasteiger charge is -2.30. The summed E-state index contributed by atoms with van der Waals surface area (Å²) in [5.74, 6) is 0. The molecule has 0 bridgehead atoms. The first-order valence-corrected chi connectivity index (χ1v) is 12.2. The quantitative estimate of drug-likeness (QED) is 0.219. The second-order valence-electron chi connectivity index (χ2n) is 8.12. The van der Waals surface area contributed by atoms with E-state index in [1.807, 2.05) is 0 Å². The Morgan fingerprint density at radius 1 is 0.654 bits per heavy atom. The molecule has 0 atom stereocenters. The minimum atomic E-state index is -4.89. The van der Waals surface area contributed by atoms with E-state index in [-0.39, 0.29) is 0 Å². The van der Waals surface area contributed by atoms with Gasteiger partial charge in [0.2, 0.25) is 0 Å². The van der Waals surface area contributed by atoms with Crippen molar-refractivity contribution in [2.45, 2.75) is 104 Å². The molecular weight excluding hydrogens is 349 g/mol. The van der Waals surface area contributed by atoms with Crippen molar-refractivity contribution >= 4 is 7.82 Å². The van der Waals surface area contributed by atoms with Crippen LogP contribution in [0.1, 0.15) is 104 Å². The number of nitrogens with zero attached hydrogens (tertiary/aromatic N) is 1. The number of hydrogen-bond donors (Lipinski definition) is 2. The van der Waals surface area contributed by atoms with Crippen LogP contribution in [0.4, 0.5) is 0 Å². The lowest BCUT2D eigenvalue weighted by Crippen LogP contribution is -2.41. The first-order valence-electron chi connectivity index (χ1n) is 10.7. The normalized spacial score (nSPS) is 12.0. The first-order chi connectivity index (χ1) is 12.1. The van der Waals surface area contributed by atoms with Crippen molar-refractivity contribution in [2.75, 3.05) is 27.2 Å². The average molecular weight is 396 g/mol. The predicted octanol–water partition coefficient (Wildman–Crippen LogP) is 5.00. The summed E-state index contributed by atoms with van der Waals surface area (Å²) in [6.45, 7) is 7.34. The van der Waals surface area contributed by atoms with E-state index in [4.69, 9.17) is 19.2 Å². The minimum absolute atomic E-state index is 1.24. The summed E-state index contributed by atoms with van der Waals surface area (Å²) < 4.78 is 10.0. The van der Waals surface area contributed by atoms with Gasteiger partial charge in [0.15, 0.2) is 0 Å². The molecule has 0 aliphatic carbocycles. The van der Waals surface area contributed by atoms with Gasteiger partial charge in [-0.2, -0.15) is 0 Å². The standard InChI is InChI=1S/C20H44N.H3O4P/c1-5-7-9-11-12-13-14-15-16-18-20-21(3,4)19-17-10-8-6-2;1-5(2,3)4/h5-20H2,1-4H3;(H3,1,2,3,4)/q+1;/p-1. The minimum Gasteiger partial charge on any atom is -0.756 e. The molecular formula is C20H46NO4P. The van der Waals surface area contributed by atoms with Crippen molar-refractivity contribution in [3.63, 3.8) is 0 Å². The number of unbranched alkanes of at least 4 members (excludes halogenated alkanes) is 12. The molecule has 160 valence electrons. The maximum Gasteiger partial charge on any atom is 0.262 e. The van der Waals surface area contributed by atoms with Crippen molar-refractivity contribution < 1.29 is 23.7 Å². The van der Waals surface area contributed by atoms with Crippen LogP contribution in [0.15, 0.2) is 0 Å². The van der Waals surface area contributed by atoms with Gasteiger partial charge in [-0.05, 0) is 25.7 Å². The SMILES string of the molecule is CCCCCCCCCCCC[N+](C)(C)CCCCCC.O=P([O-])(O)O. The number of hydrogen-bond acceptors (Lipinski definition) is 2. The molecule has 0 saturated carbocycles. The van der Waals surface area contributed by atoms with Crippen LogP contribution in [0.2, 0.25) is 0 Å². The van der Waals surface area contributed by atoms with Crippen LogP contribution in [0.25, 0.3) is 0 Å². The highest BCUT2D eigenvalue weighted by Gasteiger charge is 2.13. The van der Waals surface area contributed by atoms with Gasteiger partial charge < -0.3 is 19.2 Å². The molecule has 2 N–H and O–H groups in total. The fourth-order valence-corrected chi connectivity index (χ4v) is 3.11. The fraction of sp³-hybridized carbons (Fsp3) is 1.00. The second-order valence-corrected chi connectivity index (χ2v) is 9.10. The van der Waals surface area contributed by atoms with Crippen molar-refractivity contribution in [3.8, 4) is 0 Å². The highest BCUT2D eigenvalue weighted by molar-refractivity contribution is 7.43. The van der Waals surface area contributed by atoms with Crippen LogP contribution in [-0.2, 0) is 4.57 Å². The number of quaternary nitrogens is 1. The van der Waals surface area contributed by atoms with E-state index < -0.39 is 7.82 Å². The highest BCUT2D eigenvalue weighted by atomic mass is 31.2. The van der Waals surface area contributed by atoms with Crippen LogP contribution >= 0.6 is 7.82 Å². The summed E-state index contributed by atoms with van der Waals surface area (Å²) in [5, 5.41) is 0. The Balaban J connectivity index is 0. The maximum absolute atomic E-state index is 8.77. The summed E-state index contributed by atoms with van der Waals surface area (Å²) in [7, 11) is -0.0562. The highest BCUT2D eigenvalue weighted by Crippen LogP contribution is 2.19. The molecule has 0 heterocycles. The molecule has 5 nitrogen and oxygen atoms in total. The molecule has 0 aliphatic heterocycles. The number of rotatable bonds is 16. The van der Waals surface area contributed by atoms with Gasteiger partial charge in [-0.25, -0.2) is 0 Å². The van der Waals surface area contributed by atoms with Gasteiger partial charge in [-0.3, -0.25) is 4.57 Å². The van der Waals surface area contributed by atoms with Gasteiger partial charge >= 0.3 is 0 Å². The molecule has 0 aromatic heterocycles. The maximum atomic E-state index is 8.77. The molecule has 6 heteroatoms. The van der Waals surface area contributed by atoms with E-state index in [9.17, 15) is 0 Å². The molecule has 0 spiro atoms. The smallest absolute Gasteiger partial charge is 0.262 e. The molecule has 0 aromatic carbocycles. The number of phosphoric acid groups is 1. The molecule has 0 unspecified atom stereocenters. The Kier molecular flexibility index (Phi) is 20.1. The molecule has 0 aliphatic rings. The van der Waals surface area contributed by atoms with E-state index in [1.165, 1.54) is 107 Å². The third-order valence-corrected chi connectivity index (χ3v) is 4.73. The van der Waals surface area contributed by atoms with Crippen LogP contribution in [0, 0.1) is 0 Å². The fourth-order valence-electron chi connectivity index (χ4n) is 3.11. The van der Waals surface area contributed by atoms with E-state index in [0.717, 1.165) is 0 Å². The molecule has 26 heavy (non-hydrogen) atoms. The Labute approximate surface area is 163 Å². The summed E-state index contributed by atoms with van der Waals surface area (Å²) in [5.41, 5.74) is 0. The van der Waals surface area contributed by atoms with Crippen LogP contribution < -0.4 is 4.89 Å². The van der Waals surface area contributed by atoms with Crippen molar-refractivity contribution in [1.29, 1.82) is 0 Å². The van der Waals surface area contributed by atoms with Crippen LogP contribution in [-0.4, -0.2) is 41.5 Å². The first kappa shape index (κ1) is 28.3. The van der Waals surface area contributed by atoms with Gasteiger partial charge in [0.25, 0.3) is 7.82 Å². The summed E-state index contributed by atoms with van der Waals surface area (Å²) in [6, 6.07) is 0. The van der Waals surface area contributed by atoms with E-state index >= 15 is 0 Å². The Hall–Kier alpha value is 0.0700. The largest absolute Gasteiger partial charge is 0.756 e. The zero-order chi connectivity index (χ0) is 20.3. The molecule has 0 aromatic rings. The van der Waals surface area contributed by atoms with Crippen LogP contribution in [0.5, 0.6) is 0 Å². The summed E-state index contributed by atoms with van der Waals surface area (Å²) in [4.78, 5) is 22.9.